The van der Waals surface area contributed by atoms with Crippen LogP contribution in [0.2, 0.25) is 0 Å². The van der Waals surface area contributed by atoms with Crippen molar-refractivity contribution in [3.63, 3.8) is 0 Å². The van der Waals surface area contributed by atoms with Crippen LogP contribution >= 0.6 is 0 Å². The van der Waals surface area contributed by atoms with E-state index in [0.717, 1.165) is 18.4 Å². The highest BCUT2D eigenvalue weighted by Gasteiger charge is 2.32. The minimum Gasteiger partial charge on any atom is -0.478 e. The van der Waals surface area contributed by atoms with Crippen LogP contribution in [0.15, 0.2) is 41.8 Å². The number of carbonyl (C=O) groups is 1. The number of carboxylic acid groups (broad SMARTS) is 1. The predicted molar refractivity (Wildman–Crippen MR) is 87.3 cm³/mol. The van der Waals surface area contributed by atoms with Gasteiger partial charge in [0.15, 0.2) is 5.03 Å². The summed E-state index contributed by atoms with van der Waals surface area (Å²) in [4.78, 5) is 15.1. The lowest BCUT2D eigenvalue weighted by atomic mass is 9.91. The fraction of sp³-hybridized carbons (Fsp3) is 0.375. The molecule has 0 aliphatic carbocycles. The highest BCUT2D eigenvalue weighted by atomic mass is 32.2. The van der Waals surface area contributed by atoms with Crippen molar-refractivity contribution in [3.05, 3.63) is 47.9 Å². The lowest BCUT2D eigenvalue weighted by Gasteiger charge is -2.31. The van der Waals surface area contributed by atoms with E-state index in [1.165, 1.54) is 22.9 Å². The van der Waals surface area contributed by atoms with Gasteiger partial charge in [0.05, 0.1) is 11.9 Å². The predicted octanol–water partition coefficient (Wildman–Crippen LogP) is 1.69. The number of aromatic carboxylic acids is 1. The zero-order chi connectivity index (χ0) is 17.3. The Morgan fingerprint density at radius 3 is 2.83 bits per heavy atom. The molecule has 0 bridgehead atoms. The summed E-state index contributed by atoms with van der Waals surface area (Å²) in [6.45, 7) is 0.788. The smallest absolute Gasteiger partial charge is 0.335 e. The number of hydrogen-bond donors (Lipinski definition) is 1. The number of imidazole rings is 1. The maximum Gasteiger partial charge on any atom is 0.335 e. The van der Waals surface area contributed by atoms with Gasteiger partial charge in [-0.25, -0.2) is 18.2 Å². The molecule has 1 aromatic heterocycles. The van der Waals surface area contributed by atoms with Gasteiger partial charge >= 0.3 is 5.97 Å². The second kappa shape index (κ2) is 6.37. The maximum absolute atomic E-state index is 12.7. The van der Waals surface area contributed by atoms with Gasteiger partial charge in [-0.15, -0.1) is 0 Å². The monoisotopic (exact) mass is 349 g/mol. The van der Waals surface area contributed by atoms with Crippen LogP contribution in [-0.2, 0) is 17.1 Å². The third-order valence-electron chi connectivity index (χ3n) is 4.27. The van der Waals surface area contributed by atoms with Gasteiger partial charge in [-0.2, -0.15) is 4.31 Å². The van der Waals surface area contributed by atoms with E-state index in [4.69, 9.17) is 5.11 Å². The number of benzene rings is 1. The second-order valence-electron chi connectivity index (χ2n) is 6.01. The van der Waals surface area contributed by atoms with E-state index >= 15 is 0 Å². The molecule has 7 nitrogen and oxygen atoms in total. The SMILES string of the molecule is Cn1cnc(S(=O)(=O)N2CCCC(c3cccc(C(=O)O)c3)C2)c1. The molecule has 1 aromatic carbocycles. The minimum absolute atomic E-state index is 0.0171. The van der Waals surface area contributed by atoms with Crippen molar-refractivity contribution in [1.29, 1.82) is 0 Å². The van der Waals surface area contributed by atoms with Crippen molar-refractivity contribution in [3.8, 4) is 0 Å². The summed E-state index contributed by atoms with van der Waals surface area (Å²) in [5.74, 6) is -0.998. The van der Waals surface area contributed by atoms with Gasteiger partial charge in [0, 0.05) is 26.3 Å². The van der Waals surface area contributed by atoms with Gasteiger partial charge in [0.1, 0.15) is 0 Å². The summed E-state index contributed by atoms with van der Waals surface area (Å²) < 4.78 is 28.5. The molecule has 24 heavy (non-hydrogen) atoms. The lowest BCUT2D eigenvalue weighted by Crippen LogP contribution is -2.39. The maximum atomic E-state index is 12.7. The Labute approximate surface area is 140 Å². The van der Waals surface area contributed by atoms with Crippen LogP contribution in [0.3, 0.4) is 0 Å². The van der Waals surface area contributed by atoms with E-state index in [1.54, 1.807) is 23.7 Å². The average Bonchev–Trinajstić information content (AvgIpc) is 3.02. The van der Waals surface area contributed by atoms with Gasteiger partial charge in [-0.3, -0.25) is 0 Å². The third-order valence-corrected chi connectivity index (χ3v) is 6.03. The van der Waals surface area contributed by atoms with E-state index in [-0.39, 0.29) is 16.5 Å². The molecule has 1 unspecified atom stereocenters. The van der Waals surface area contributed by atoms with Gasteiger partial charge < -0.3 is 9.67 Å². The number of sulfonamides is 1. The molecule has 0 spiro atoms. The van der Waals surface area contributed by atoms with Gasteiger partial charge in [-0.05, 0) is 36.5 Å². The summed E-state index contributed by atoms with van der Waals surface area (Å²) in [5, 5.41) is 9.17. The highest BCUT2D eigenvalue weighted by Crippen LogP contribution is 2.30. The van der Waals surface area contributed by atoms with Crippen molar-refractivity contribution >= 4 is 16.0 Å². The van der Waals surface area contributed by atoms with Crippen LogP contribution < -0.4 is 0 Å². The van der Waals surface area contributed by atoms with Crippen LogP contribution in [0, 0.1) is 0 Å². The molecule has 0 radical (unpaired) electrons. The molecule has 2 heterocycles. The Balaban J connectivity index is 1.84. The highest BCUT2D eigenvalue weighted by molar-refractivity contribution is 7.89. The van der Waals surface area contributed by atoms with Gasteiger partial charge in [0.2, 0.25) is 0 Å². The number of aryl methyl sites for hydroxylation is 1. The molecule has 1 fully saturated rings. The lowest BCUT2D eigenvalue weighted by molar-refractivity contribution is 0.0696. The summed E-state index contributed by atoms with van der Waals surface area (Å²) in [5.41, 5.74) is 1.08. The van der Waals surface area contributed by atoms with Crippen LogP contribution in [-0.4, -0.2) is 46.4 Å². The number of piperidine rings is 1. The minimum atomic E-state index is -3.62. The van der Waals surface area contributed by atoms with Crippen molar-refractivity contribution in [2.75, 3.05) is 13.1 Å². The zero-order valence-electron chi connectivity index (χ0n) is 13.3. The number of rotatable bonds is 4. The van der Waals surface area contributed by atoms with Crippen LogP contribution in [0.5, 0.6) is 0 Å². The fourth-order valence-corrected chi connectivity index (χ4v) is 4.50. The standard InChI is InChI=1S/C16H19N3O4S/c1-18-10-15(17-11-18)24(22,23)19-7-3-6-14(9-19)12-4-2-5-13(8-12)16(20)21/h2,4-5,8,10-11,14H,3,6-7,9H2,1H3,(H,20,21). The van der Waals surface area contributed by atoms with Crippen LogP contribution in [0.1, 0.15) is 34.7 Å². The van der Waals surface area contributed by atoms with Crippen LogP contribution in [0.4, 0.5) is 0 Å². The average molecular weight is 349 g/mol. The van der Waals surface area contributed by atoms with E-state index in [2.05, 4.69) is 4.98 Å². The Morgan fingerprint density at radius 1 is 1.38 bits per heavy atom. The second-order valence-corrected chi connectivity index (χ2v) is 7.90. The van der Waals surface area contributed by atoms with Gasteiger partial charge in [0.25, 0.3) is 10.0 Å². The molecule has 1 aliphatic rings. The first-order chi connectivity index (χ1) is 11.4. The van der Waals surface area contributed by atoms with Crippen molar-refractivity contribution in [2.24, 2.45) is 7.05 Å². The molecule has 1 atom stereocenters. The largest absolute Gasteiger partial charge is 0.478 e. The molecule has 128 valence electrons. The Morgan fingerprint density at radius 2 is 2.17 bits per heavy atom. The van der Waals surface area contributed by atoms with E-state index in [9.17, 15) is 13.2 Å². The van der Waals surface area contributed by atoms with Gasteiger partial charge in [-0.1, -0.05) is 12.1 Å². The van der Waals surface area contributed by atoms with E-state index < -0.39 is 16.0 Å². The van der Waals surface area contributed by atoms with Crippen LogP contribution in [0.25, 0.3) is 0 Å². The summed E-state index contributed by atoms with van der Waals surface area (Å²) in [6, 6.07) is 6.72. The van der Waals surface area contributed by atoms with E-state index in [0.29, 0.717) is 13.1 Å². The molecule has 8 heteroatoms. The zero-order valence-corrected chi connectivity index (χ0v) is 14.1. The van der Waals surface area contributed by atoms with Crippen molar-refractivity contribution in [2.45, 2.75) is 23.8 Å². The Bertz CT molecular complexity index is 860. The Hall–Kier alpha value is -2.19. The third kappa shape index (κ3) is 3.20. The Kier molecular flexibility index (Phi) is 4.42. The number of aromatic nitrogens is 2. The molecule has 2 aromatic rings. The summed E-state index contributed by atoms with van der Waals surface area (Å²) >= 11 is 0. The van der Waals surface area contributed by atoms with Crippen molar-refractivity contribution in [1.82, 2.24) is 13.9 Å². The van der Waals surface area contributed by atoms with Crippen molar-refractivity contribution < 1.29 is 18.3 Å². The first-order valence-electron chi connectivity index (χ1n) is 7.69. The molecular weight excluding hydrogens is 330 g/mol. The first-order valence-corrected chi connectivity index (χ1v) is 9.13. The summed E-state index contributed by atoms with van der Waals surface area (Å²) in [6.07, 6.45) is 4.51. The topological polar surface area (TPSA) is 92.5 Å². The molecule has 3 rings (SSSR count). The molecule has 0 saturated carbocycles. The molecule has 1 N–H and O–H groups in total. The van der Waals surface area contributed by atoms with E-state index in [1.807, 2.05) is 6.07 Å². The molecule has 1 saturated heterocycles. The number of nitrogens with zero attached hydrogens (tertiary/aromatic N) is 3. The normalized spacial score (nSPS) is 19.3. The number of hydrogen-bond acceptors (Lipinski definition) is 4. The summed E-state index contributed by atoms with van der Waals surface area (Å²) in [7, 11) is -1.90. The quantitative estimate of drug-likeness (QED) is 0.907. The first kappa shape index (κ1) is 16.7. The number of carboxylic acids is 1. The fourth-order valence-electron chi connectivity index (χ4n) is 3.01. The molecular formula is C16H19N3O4S. The molecule has 1 aliphatic heterocycles. The molecule has 0 amide bonds.